The van der Waals surface area contributed by atoms with Crippen molar-refractivity contribution in [2.24, 2.45) is 0 Å². The quantitative estimate of drug-likeness (QED) is 0.671. The van der Waals surface area contributed by atoms with Crippen LogP contribution in [0.2, 0.25) is 0 Å². The zero-order valence-corrected chi connectivity index (χ0v) is 10.5. The molecular formula is C8H20BrOP. The van der Waals surface area contributed by atoms with Crippen LogP contribution >= 0.6 is 20.8 Å². The molecule has 0 heterocycles. The third-order valence-corrected chi connectivity index (χ3v) is 13.6. The summed E-state index contributed by atoms with van der Waals surface area (Å²) in [5.41, 5.74) is 0. The van der Waals surface area contributed by atoms with E-state index < -0.39 is 5.31 Å². The van der Waals surface area contributed by atoms with Gasteiger partial charge in [-0.1, -0.05) is 0 Å². The molecule has 0 N–H and O–H groups in total. The Morgan fingerprint density at radius 2 is 1.45 bits per heavy atom. The third-order valence-electron chi connectivity index (χ3n) is 2.82. The molecule has 0 aromatic carbocycles. The second kappa shape index (κ2) is 4.20. The van der Waals surface area contributed by atoms with Crippen LogP contribution < -0.4 is 0 Å². The van der Waals surface area contributed by atoms with Crippen LogP contribution in [-0.2, 0) is 4.74 Å². The standard InChI is InChI=1S/C8H20BrOP/c1-5-11(9,6-2,7-3)8-10-4/h5-8H2,1-4H3. The van der Waals surface area contributed by atoms with Gasteiger partial charge in [0.2, 0.25) is 0 Å². The van der Waals surface area contributed by atoms with Gasteiger partial charge >= 0.3 is 78.2 Å². The number of halogens is 1. The third kappa shape index (κ3) is 2.68. The van der Waals surface area contributed by atoms with Gasteiger partial charge in [0.25, 0.3) is 0 Å². The molecule has 0 radical (unpaired) electrons. The predicted molar refractivity (Wildman–Crippen MR) is 59.3 cm³/mol. The summed E-state index contributed by atoms with van der Waals surface area (Å²) in [4.78, 5) is 0. The van der Waals surface area contributed by atoms with Crippen LogP contribution in [0.15, 0.2) is 0 Å². The van der Waals surface area contributed by atoms with Crippen molar-refractivity contribution in [3.05, 3.63) is 0 Å². The van der Waals surface area contributed by atoms with Gasteiger partial charge in [0, 0.05) is 0 Å². The van der Waals surface area contributed by atoms with Crippen molar-refractivity contribution in [3.8, 4) is 0 Å². The zero-order valence-electron chi connectivity index (χ0n) is 8.06. The van der Waals surface area contributed by atoms with Gasteiger partial charge in [-0.05, 0) is 0 Å². The number of ether oxygens (including phenoxy) is 1. The van der Waals surface area contributed by atoms with Crippen molar-refractivity contribution in [3.63, 3.8) is 0 Å². The second-order valence-electron chi connectivity index (χ2n) is 3.19. The molecule has 0 fully saturated rings. The maximum absolute atomic E-state index is 5.29. The van der Waals surface area contributed by atoms with Crippen LogP contribution in [0.5, 0.6) is 0 Å². The second-order valence-corrected chi connectivity index (χ2v) is 15.0. The normalized spacial score (nSPS) is 15.9. The van der Waals surface area contributed by atoms with Crippen LogP contribution in [0.25, 0.3) is 0 Å². The number of methoxy groups -OCH3 is 1. The summed E-state index contributed by atoms with van der Waals surface area (Å²) in [6.45, 7) is 6.79. The van der Waals surface area contributed by atoms with Crippen LogP contribution in [0.1, 0.15) is 20.8 Å². The van der Waals surface area contributed by atoms with Crippen LogP contribution in [-0.4, -0.2) is 31.9 Å². The predicted octanol–water partition coefficient (Wildman–Crippen LogP) is 3.51. The van der Waals surface area contributed by atoms with Crippen LogP contribution in [0, 0.1) is 0 Å². The molecule has 70 valence electrons. The molecule has 0 saturated carbocycles. The van der Waals surface area contributed by atoms with Gasteiger partial charge in [0.15, 0.2) is 0 Å². The molecule has 0 bridgehead atoms. The van der Waals surface area contributed by atoms with E-state index in [2.05, 4.69) is 36.3 Å². The Morgan fingerprint density at radius 1 is 1.09 bits per heavy atom. The Bertz CT molecular complexity index is 112. The van der Waals surface area contributed by atoms with Crippen molar-refractivity contribution in [2.45, 2.75) is 20.8 Å². The Hall–Kier alpha value is 0.870. The summed E-state index contributed by atoms with van der Waals surface area (Å²) in [7, 11) is 1.80. The van der Waals surface area contributed by atoms with Crippen molar-refractivity contribution in [2.75, 3.05) is 31.9 Å². The van der Waals surface area contributed by atoms with Gasteiger partial charge < -0.3 is 0 Å². The first-order chi connectivity index (χ1) is 5.04. The molecule has 0 unspecified atom stereocenters. The molecule has 0 aliphatic carbocycles. The van der Waals surface area contributed by atoms with Gasteiger partial charge in [0.1, 0.15) is 0 Å². The monoisotopic (exact) mass is 242 g/mol. The fraction of sp³-hybridized carbons (Fsp3) is 1.00. The van der Waals surface area contributed by atoms with E-state index in [0.717, 1.165) is 6.35 Å². The van der Waals surface area contributed by atoms with E-state index in [1.54, 1.807) is 7.11 Å². The molecule has 0 aromatic rings. The average molecular weight is 243 g/mol. The molecule has 1 nitrogen and oxygen atoms in total. The van der Waals surface area contributed by atoms with Gasteiger partial charge in [-0.3, -0.25) is 0 Å². The summed E-state index contributed by atoms with van der Waals surface area (Å²) in [5.74, 6) is 0. The molecule has 0 saturated heterocycles. The van der Waals surface area contributed by atoms with E-state index in [1.807, 2.05) is 0 Å². The minimum atomic E-state index is -1.59. The zero-order chi connectivity index (χ0) is 8.98. The van der Waals surface area contributed by atoms with Gasteiger partial charge in [-0.15, -0.1) is 0 Å². The SMILES string of the molecule is CCP(Br)(CC)(CC)COC. The Kier molecular flexibility index (Phi) is 4.54. The molecule has 0 aliphatic heterocycles. The van der Waals surface area contributed by atoms with Gasteiger partial charge in [-0.2, -0.15) is 0 Å². The molecule has 0 atom stereocenters. The molecular weight excluding hydrogens is 223 g/mol. The first-order valence-corrected chi connectivity index (χ1v) is 9.25. The summed E-state index contributed by atoms with van der Waals surface area (Å²) in [6, 6.07) is 0. The fourth-order valence-electron chi connectivity index (χ4n) is 1.27. The van der Waals surface area contributed by atoms with E-state index in [0.29, 0.717) is 0 Å². The van der Waals surface area contributed by atoms with Crippen molar-refractivity contribution in [1.82, 2.24) is 0 Å². The summed E-state index contributed by atoms with van der Waals surface area (Å²) in [5, 5.41) is -1.59. The summed E-state index contributed by atoms with van der Waals surface area (Å²) < 4.78 is 5.29. The number of hydrogen-bond donors (Lipinski definition) is 0. The maximum atomic E-state index is 5.29. The molecule has 11 heavy (non-hydrogen) atoms. The van der Waals surface area contributed by atoms with E-state index in [-0.39, 0.29) is 0 Å². The van der Waals surface area contributed by atoms with E-state index >= 15 is 0 Å². The van der Waals surface area contributed by atoms with Crippen LogP contribution in [0.3, 0.4) is 0 Å². The first-order valence-electron chi connectivity index (χ1n) is 4.25. The summed E-state index contributed by atoms with van der Waals surface area (Å²) in [6.07, 6.45) is 4.65. The molecule has 0 aliphatic rings. The summed E-state index contributed by atoms with van der Waals surface area (Å²) >= 11 is 3.96. The molecule has 0 rings (SSSR count). The first kappa shape index (κ1) is 11.9. The van der Waals surface area contributed by atoms with Gasteiger partial charge in [0.05, 0.1) is 0 Å². The van der Waals surface area contributed by atoms with E-state index in [9.17, 15) is 0 Å². The Morgan fingerprint density at radius 3 is 1.55 bits per heavy atom. The molecule has 0 aromatic heterocycles. The van der Waals surface area contributed by atoms with E-state index in [4.69, 9.17) is 4.74 Å². The molecule has 3 heteroatoms. The molecule has 0 amide bonds. The van der Waals surface area contributed by atoms with Crippen molar-refractivity contribution in [1.29, 1.82) is 0 Å². The minimum absolute atomic E-state index is 0.926. The van der Waals surface area contributed by atoms with E-state index in [1.165, 1.54) is 18.5 Å². The van der Waals surface area contributed by atoms with Crippen LogP contribution in [0.4, 0.5) is 0 Å². The topological polar surface area (TPSA) is 9.23 Å². The van der Waals surface area contributed by atoms with Gasteiger partial charge in [-0.25, -0.2) is 0 Å². The Balaban J connectivity index is 4.44. The molecule has 0 spiro atoms. The number of rotatable bonds is 5. The Labute approximate surface area is 78.6 Å². The van der Waals surface area contributed by atoms with Crippen molar-refractivity contribution < 1.29 is 4.74 Å². The average Bonchev–Trinajstić information content (AvgIpc) is 2.06. The fourth-order valence-corrected chi connectivity index (χ4v) is 4.42. The van der Waals surface area contributed by atoms with Crippen molar-refractivity contribution >= 4 is 20.8 Å². The number of hydrogen-bond acceptors (Lipinski definition) is 1.